The summed E-state index contributed by atoms with van der Waals surface area (Å²) >= 11 is 0. The van der Waals surface area contributed by atoms with Crippen LogP contribution in [0.2, 0.25) is 0 Å². The van der Waals surface area contributed by atoms with Gasteiger partial charge >= 0.3 is 0 Å². The second-order valence-corrected chi connectivity index (χ2v) is 11.0. The molecule has 2 heterocycles. The van der Waals surface area contributed by atoms with Crippen molar-refractivity contribution in [3.8, 4) is 5.75 Å². The van der Waals surface area contributed by atoms with E-state index in [9.17, 15) is 13.2 Å². The largest absolute Gasteiger partial charge is 0.497 e. The molecule has 178 valence electrons. The summed E-state index contributed by atoms with van der Waals surface area (Å²) in [6, 6.07) is 12.9. The molecule has 2 aromatic carbocycles. The molecule has 0 spiro atoms. The van der Waals surface area contributed by atoms with E-state index >= 15 is 0 Å². The number of hydrogen-bond acceptors (Lipinski definition) is 5. The molecular weight excluding hydrogens is 438 g/mol. The zero-order valence-corrected chi connectivity index (χ0v) is 20.5. The lowest BCUT2D eigenvalue weighted by Crippen LogP contribution is -2.49. The van der Waals surface area contributed by atoms with Gasteiger partial charge in [0.15, 0.2) is 0 Å². The van der Waals surface area contributed by atoms with Crippen LogP contribution in [0, 0.1) is 12.8 Å². The number of rotatable bonds is 5. The second kappa shape index (κ2) is 9.73. The predicted molar refractivity (Wildman–Crippen MR) is 129 cm³/mol. The Morgan fingerprint density at radius 3 is 2.18 bits per heavy atom. The Morgan fingerprint density at radius 1 is 0.939 bits per heavy atom. The third-order valence-corrected chi connectivity index (χ3v) is 8.72. The Kier molecular flexibility index (Phi) is 6.95. The van der Waals surface area contributed by atoms with Crippen molar-refractivity contribution in [3.63, 3.8) is 0 Å². The van der Waals surface area contributed by atoms with Gasteiger partial charge in [0.2, 0.25) is 10.0 Å². The maximum atomic E-state index is 13.3. The minimum Gasteiger partial charge on any atom is -0.497 e. The van der Waals surface area contributed by atoms with Crippen LogP contribution in [0.15, 0.2) is 47.4 Å². The minimum absolute atomic E-state index is 0.105. The molecule has 7 nitrogen and oxygen atoms in total. The average molecular weight is 472 g/mol. The smallest absolute Gasteiger partial charge is 0.254 e. The molecule has 0 aromatic heterocycles. The average Bonchev–Trinajstić information content (AvgIpc) is 2.84. The Hall–Kier alpha value is -2.58. The number of piperidine rings is 1. The van der Waals surface area contributed by atoms with Crippen molar-refractivity contribution < 1.29 is 17.9 Å². The summed E-state index contributed by atoms with van der Waals surface area (Å²) in [4.78, 5) is 17.6. The second-order valence-electron chi connectivity index (χ2n) is 9.04. The van der Waals surface area contributed by atoms with Crippen LogP contribution in [0.4, 0.5) is 5.69 Å². The van der Waals surface area contributed by atoms with Gasteiger partial charge in [-0.2, -0.15) is 4.31 Å². The molecule has 33 heavy (non-hydrogen) atoms. The van der Waals surface area contributed by atoms with Gasteiger partial charge in [-0.15, -0.1) is 0 Å². The number of amides is 1. The molecule has 2 fully saturated rings. The number of sulfonamides is 1. The van der Waals surface area contributed by atoms with Crippen LogP contribution in [0.25, 0.3) is 0 Å². The highest BCUT2D eigenvalue weighted by Crippen LogP contribution is 2.26. The van der Waals surface area contributed by atoms with E-state index in [1.165, 1.54) is 0 Å². The van der Waals surface area contributed by atoms with E-state index in [1.807, 2.05) is 36.1 Å². The highest BCUT2D eigenvalue weighted by Gasteiger charge is 2.30. The molecule has 8 heteroatoms. The van der Waals surface area contributed by atoms with E-state index in [-0.39, 0.29) is 10.8 Å². The molecule has 2 aliphatic rings. The molecule has 0 radical (unpaired) electrons. The fourth-order valence-corrected chi connectivity index (χ4v) is 5.99. The van der Waals surface area contributed by atoms with Gasteiger partial charge in [0.05, 0.1) is 12.0 Å². The van der Waals surface area contributed by atoms with Gasteiger partial charge in [0.25, 0.3) is 5.91 Å². The molecule has 0 atom stereocenters. The molecule has 2 aromatic rings. The maximum absolute atomic E-state index is 13.3. The fourth-order valence-electron chi connectivity index (χ4n) is 4.50. The summed E-state index contributed by atoms with van der Waals surface area (Å²) in [6.45, 7) is 7.71. The summed E-state index contributed by atoms with van der Waals surface area (Å²) in [5, 5.41) is 0. The van der Waals surface area contributed by atoms with Gasteiger partial charge in [-0.05, 0) is 67.6 Å². The molecule has 1 amide bonds. The summed E-state index contributed by atoms with van der Waals surface area (Å²) in [6.07, 6.45) is 1.74. The number of carbonyl (C=O) groups excluding carboxylic acids is 1. The van der Waals surface area contributed by atoms with Gasteiger partial charge < -0.3 is 14.5 Å². The highest BCUT2D eigenvalue weighted by atomic mass is 32.2. The lowest BCUT2D eigenvalue weighted by Gasteiger charge is -2.36. The fraction of sp³-hybridized carbons (Fsp3) is 0.480. The Bertz CT molecular complexity index is 1090. The van der Waals surface area contributed by atoms with Crippen molar-refractivity contribution in [1.82, 2.24) is 9.21 Å². The van der Waals surface area contributed by atoms with Gasteiger partial charge in [-0.1, -0.05) is 13.0 Å². The zero-order valence-electron chi connectivity index (χ0n) is 19.7. The van der Waals surface area contributed by atoms with Gasteiger partial charge in [-0.3, -0.25) is 4.79 Å². The van der Waals surface area contributed by atoms with Crippen LogP contribution in [-0.2, 0) is 10.0 Å². The first-order valence-electron chi connectivity index (χ1n) is 11.6. The number of benzene rings is 2. The zero-order chi connectivity index (χ0) is 23.6. The van der Waals surface area contributed by atoms with Crippen LogP contribution in [0.3, 0.4) is 0 Å². The first kappa shape index (κ1) is 23.6. The number of piperazine rings is 1. The number of methoxy groups -OCH3 is 1. The van der Waals surface area contributed by atoms with Crippen molar-refractivity contribution in [3.05, 3.63) is 53.6 Å². The van der Waals surface area contributed by atoms with Crippen molar-refractivity contribution in [2.24, 2.45) is 5.92 Å². The molecule has 4 rings (SSSR count). The van der Waals surface area contributed by atoms with E-state index in [0.717, 1.165) is 42.9 Å². The van der Waals surface area contributed by atoms with E-state index in [4.69, 9.17) is 4.74 Å². The molecule has 0 aliphatic carbocycles. The van der Waals surface area contributed by atoms with Crippen LogP contribution >= 0.6 is 0 Å². The molecule has 0 bridgehead atoms. The van der Waals surface area contributed by atoms with E-state index in [1.54, 1.807) is 29.6 Å². The number of carbonyl (C=O) groups is 1. The number of anilines is 1. The summed E-state index contributed by atoms with van der Waals surface area (Å²) in [5.74, 6) is 1.26. The van der Waals surface area contributed by atoms with E-state index in [0.29, 0.717) is 37.7 Å². The van der Waals surface area contributed by atoms with Gasteiger partial charge in [-0.25, -0.2) is 8.42 Å². The topological polar surface area (TPSA) is 70.2 Å². The summed E-state index contributed by atoms with van der Waals surface area (Å²) in [5.41, 5.74) is 2.37. The number of ether oxygens (including phenoxy) is 1. The quantitative estimate of drug-likeness (QED) is 0.669. The van der Waals surface area contributed by atoms with Crippen LogP contribution in [0.5, 0.6) is 5.75 Å². The van der Waals surface area contributed by atoms with Crippen LogP contribution in [-0.4, -0.2) is 69.9 Å². The third-order valence-electron chi connectivity index (χ3n) is 6.82. The first-order chi connectivity index (χ1) is 15.8. The summed E-state index contributed by atoms with van der Waals surface area (Å²) < 4.78 is 33.2. The SMILES string of the molecule is COc1ccc(N2CCN(C(=O)c3cc(S(=O)(=O)N4CCC(C)CC4)ccc3C)CC2)cc1. The lowest BCUT2D eigenvalue weighted by molar-refractivity contribution is 0.0746. The van der Waals surface area contributed by atoms with Gasteiger partial charge in [0, 0.05) is 50.5 Å². The lowest BCUT2D eigenvalue weighted by atomic mass is 10.0. The van der Waals surface area contributed by atoms with Crippen LogP contribution in [0.1, 0.15) is 35.7 Å². The highest BCUT2D eigenvalue weighted by molar-refractivity contribution is 7.89. The van der Waals surface area contributed by atoms with Crippen molar-refractivity contribution in [1.29, 1.82) is 0 Å². The van der Waals surface area contributed by atoms with E-state index < -0.39 is 10.0 Å². The first-order valence-corrected chi connectivity index (χ1v) is 13.0. The van der Waals surface area contributed by atoms with Crippen LogP contribution < -0.4 is 9.64 Å². The van der Waals surface area contributed by atoms with Crippen molar-refractivity contribution in [2.75, 3.05) is 51.3 Å². The van der Waals surface area contributed by atoms with Gasteiger partial charge in [0.1, 0.15) is 5.75 Å². The normalized spacial score (nSPS) is 18.4. The van der Waals surface area contributed by atoms with E-state index in [2.05, 4.69) is 11.8 Å². The molecule has 2 saturated heterocycles. The standard InChI is InChI=1S/C25H33N3O4S/c1-19-10-12-28(13-11-19)33(30,31)23-9-4-20(2)24(18-23)25(29)27-16-14-26(15-17-27)21-5-7-22(32-3)8-6-21/h4-9,18-19H,10-17H2,1-3H3. The number of nitrogens with zero attached hydrogens (tertiary/aromatic N) is 3. The van der Waals surface area contributed by atoms with Crippen molar-refractivity contribution >= 4 is 21.6 Å². The monoisotopic (exact) mass is 471 g/mol. The summed E-state index contributed by atoms with van der Waals surface area (Å²) in [7, 11) is -1.95. The molecule has 0 saturated carbocycles. The maximum Gasteiger partial charge on any atom is 0.254 e. The predicted octanol–water partition coefficient (Wildman–Crippen LogP) is 3.39. The number of hydrogen-bond donors (Lipinski definition) is 0. The molecule has 0 N–H and O–H groups in total. The van der Waals surface area contributed by atoms with Crippen molar-refractivity contribution in [2.45, 2.75) is 31.6 Å². The number of aryl methyl sites for hydroxylation is 1. The molecular formula is C25H33N3O4S. The Balaban J connectivity index is 1.46. The Labute approximate surface area is 197 Å². The minimum atomic E-state index is -3.60. The third kappa shape index (κ3) is 5.01. The molecule has 2 aliphatic heterocycles. The Morgan fingerprint density at radius 2 is 1.58 bits per heavy atom. The molecule has 0 unspecified atom stereocenters.